The lowest BCUT2D eigenvalue weighted by molar-refractivity contribution is 0.299. The van der Waals surface area contributed by atoms with Crippen LogP contribution in [0.4, 0.5) is 4.39 Å². The van der Waals surface area contributed by atoms with Gasteiger partial charge in [0.15, 0.2) is 0 Å². The fraction of sp³-hybridized carbons (Fsp3) is 0.444. The van der Waals surface area contributed by atoms with E-state index in [1.807, 2.05) is 6.26 Å². The van der Waals surface area contributed by atoms with Crippen molar-refractivity contribution in [3.8, 4) is 5.75 Å². The van der Waals surface area contributed by atoms with E-state index in [1.54, 1.807) is 6.07 Å². The van der Waals surface area contributed by atoms with Crippen molar-refractivity contribution in [1.29, 1.82) is 0 Å². The van der Waals surface area contributed by atoms with Crippen LogP contribution >= 0.6 is 11.8 Å². The molecule has 0 saturated heterocycles. The van der Waals surface area contributed by atoms with Crippen LogP contribution in [0.2, 0.25) is 0 Å². The standard InChI is InChI=1S/C9H10FNOS/c1-13-9-5-7(4-8(10)11-9)12-6-2-3-6/h4-6H,2-3H2,1H3. The van der Waals surface area contributed by atoms with E-state index in [0.717, 1.165) is 12.8 Å². The van der Waals surface area contributed by atoms with Gasteiger partial charge in [-0.05, 0) is 19.1 Å². The number of nitrogens with zero attached hydrogens (tertiary/aromatic N) is 1. The molecular formula is C9H10FNOS. The van der Waals surface area contributed by atoms with Crippen LogP contribution in [-0.2, 0) is 0 Å². The highest BCUT2D eigenvalue weighted by atomic mass is 32.2. The monoisotopic (exact) mass is 199 g/mol. The van der Waals surface area contributed by atoms with Crippen LogP contribution in [0.3, 0.4) is 0 Å². The van der Waals surface area contributed by atoms with Gasteiger partial charge in [0.1, 0.15) is 10.8 Å². The fourth-order valence-corrected chi connectivity index (χ4v) is 1.41. The van der Waals surface area contributed by atoms with Crippen LogP contribution in [0.15, 0.2) is 17.2 Å². The maximum Gasteiger partial charge on any atom is 0.217 e. The molecular weight excluding hydrogens is 189 g/mol. The Morgan fingerprint density at radius 2 is 2.31 bits per heavy atom. The molecule has 2 nitrogen and oxygen atoms in total. The van der Waals surface area contributed by atoms with Gasteiger partial charge in [0, 0.05) is 12.1 Å². The van der Waals surface area contributed by atoms with E-state index in [2.05, 4.69) is 4.98 Å². The number of hydrogen-bond donors (Lipinski definition) is 0. The predicted octanol–water partition coefficient (Wildman–Crippen LogP) is 2.48. The van der Waals surface area contributed by atoms with Crippen molar-refractivity contribution in [2.45, 2.75) is 24.0 Å². The molecule has 0 unspecified atom stereocenters. The third-order valence-corrected chi connectivity index (χ3v) is 2.41. The molecule has 0 bridgehead atoms. The SMILES string of the molecule is CSc1cc(OC2CC2)cc(F)n1. The molecule has 70 valence electrons. The second kappa shape index (κ2) is 3.54. The minimum Gasteiger partial charge on any atom is -0.490 e. The van der Waals surface area contributed by atoms with Crippen molar-refractivity contribution in [2.75, 3.05) is 6.26 Å². The predicted molar refractivity (Wildman–Crippen MR) is 49.6 cm³/mol. The van der Waals surface area contributed by atoms with Crippen LogP contribution in [0, 0.1) is 5.95 Å². The van der Waals surface area contributed by atoms with Crippen LogP contribution < -0.4 is 4.74 Å². The van der Waals surface area contributed by atoms with Gasteiger partial charge in [0.25, 0.3) is 0 Å². The van der Waals surface area contributed by atoms with Gasteiger partial charge in [-0.25, -0.2) is 4.98 Å². The summed E-state index contributed by atoms with van der Waals surface area (Å²) >= 11 is 1.41. The first-order valence-electron chi connectivity index (χ1n) is 4.16. The Kier molecular flexibility index (Phi) is 2.40. The second-order valence-corrected chi connectivity index (χ2v) is 3.81. The molecule has 1 aromatic rings. The Bertz CT molecular complexity index is 314. The minimum absolute atomic E-state index is 0.302. The van der Waals surface area contributed by atoms with E-state index in [4.69, 9.17) is 4.74 Å². The van der Waals surface area contributed by atoms with Crippen molar-refractivity contribution < 1.29 is 9.13 Å². The highest BCUT2D eigenvalue weighted by Gasteiger charge is 2.23. The molecule has 0 aliphatic heterocycles. The lowest BCUT2D eigenvalue weighted by Gasteiger charge is -2.04. The summed E-state index contributed by atoms with van der Waals surface area (Å²) in [6.45, 7) is 0. The summed E-state index contributed by atoms with van der Waals surface area (Å²) in [6, 6.07) is 3.10. The molecule has 0 amide bonds. The van der Waals surface area contributed by atoms with Crippen molar-refractivity contribution in [3.63, 3.8) is 0 Å². The summed E-state index contributed by atoms with van der Waals surface area (Å²) in [7, 11) is 0. The van der Waals surface area contributed by atoms with E-state index in [0.29, 0.717) is 16.9 Å². The van der Waals surface area contributed by atoms with Gasteiger partial charge in [0.05, 0.1) is 6.10 Å². The number of rotatable bonds is 3. The fourth-order valence-electron chi connectivity index (χ4n) is 1.00. The average Bonchev–Trinajstić information content (AvgIpc) is 2.87. The number of thioether (sulfide) groups is 1. The Hall–Kier alpha value is -0.770. The van der Waals surface area contributed by atoms with Crippen molar-refractivity contribution in [1.82, 2.24) is 4.98 Å². The Morgan fingerprint density at radius 1 is 1.54 bits per heavy atom. The average molecular weight is 199 g/mol. The zero-order chi connectivity index (χ0) is 9.26. The van der Waals surface area contributed by atoms with E-state index in [1.165, 1.54) is 17.8 Å². The van der Waals surface area contributed by atoms with Crippen LogP contribution in [0.5, 0.6) is 5.75 Å². The molecule has 1 fully saturated rings. The first-order chi connectivity index (χ1) is 6.28. The van der Waals surface area contributed by atoms with Crippen molar-refractivity contribution >= 4 is 11.8 Å². The van der Waals surface area contributed by atoms with Crippen LogP contribution in [0.25, 0.3) is 0 Å². The molecule has 0 spiro atoms. The van der Waals surface area contributed by atoms with Gasteiger partial charge < -0.3 is 4.74 Å². The molecule has 2 rings (SSSR count). The van der Waals surface area contributed by atoms with E-state index in [-0.39, 0.29) is 0 Å². The molecule has 0 N–H and O–H groups in total. The lowest BCUT2D eigenvalue weighted by atomic mass is 10.4. The number of aromatic nitrogens is 1. The van der Waals surface area contributed by atoms with Gasteiger partial charge in [-0.1, -0.05) is 0 Å². The second-order valence-electron chi connectivity index (χ2n) is 2.99. The summed E-state index contributed by atoms with van der Waals surface area (Å²) in [5.41, 5.74) is 0. The van der Waals surface area contributed by atoms with Gasteiger partial charge in [-0.3, -0.25) is 0 Å². The summed E-state index contributed by atoms with van der Waals surface area (Å²) < 4.78 is 18.3. The zero-order valence-corrected chi connectivity index (χ0v) is 8.10. The van der Waals surface area contributed by atoms with Crippen molar-refractivity contribution in [3.05, 3.63) is 18.1 Å². The molecule has 1 aromatic heterocycles. The largest absolute Gasteiger partial charge is 0.490 e. The highest BCUT2D eigenvalue weighted by molar-refractivity contribution is 7.98. The molecule has 0 atom stereocenters. The molecule has 4 heteroatoms. The summed E-state index contributed by atoms with van der Waals surface area (Å²) in [4.78, 5) is 3.70. The summed E-state index contributed by atoms with van der Waals surface area (Å²) in [5.74, 6) is 0.127. The zero-order valence-electron chi connectivity index (χ0n) is 7.29. The molecule has 0 aromatic carbocycles. The maximum absolute atomic E-state index is 12.9. The van der Waals surface area contributed by atoms with Crippen LogP contribution in [0.1, 0.15) is 12.8 Å². The Labute approximate surface area is 80.5 Å². The minimum atomic E-state index is -0.470. The van der Waals surface area contributed by atoms with Gasteiger partial charge in [0.2, 0.25) is 5.95 Å². The lowest BCUT2D eigenvalue weighted by Crippen LogP contribution is -1.97. The first-order valence-corrected chi connectivity index (χ1v) is 5.38. The topological polar surface area (TPSA) is 22.1 Å². The third-order valence-electron chi connectivity index (χ3n) is 1.78. The van der Waals surface area contributed by atoms with E-state index >= 15 is 0 Å². The Morgan fingerprint density at radius 3 is 2.92 bits per heavy atom. The van der Waals surface area contributed by atoms with E-state index < -0.39 is 5.95 Å². The van der Waals surface area contributed by atoms with Crippen molar-refractivity contribution in [2.24, 2.45) is 0 Å². The van der Waals surface area contributed by atoms with Gasteiger partial charge in [-0.2, -0.15) is 4.39 Å². The molecule has 1 aliphatic rings. The number of ether oxygens (including phenoxy) is 1. The quantitative estimate of drug-likeness (QED) is 0.551. The molecule has 0 radical (unpaired) electrons. The molecule has 1 aliphatic carbocycles. The number of hydrogen-bond acceptors (Lipinski definition) is 3. The Balaban J connectivity index is 2.17. The summed E-state index contributed by atoms with van der Waals surface area (Å²) in [5, 5.41) is 0.663. The number of pyridine rings is 1. The molecule has 1 heterocycles. The third kappa shape index (κ3) is 2.34. The normalized spacial score (nSPS) is 15.8. The number of halogens is 1. The smallest absolute Gasteiger partial charge is 0.217 e. The van der Waals surface area contributed by atoms with Gasteiger partial charge in [-0.15, -0.1) is 11.8 Å². The first kappa shape index (κ1) is 8.81. The maximum atomic E-state index is 12.9. The molecule has 13 heavy (non-hydrogen) atoms. The van der Waals surface area contributed by atoms with E-state index in [9.17, 15) is 4.39 Å². The van der Waals surface area contributed by atoms with Gasteiger partial charge >= 0.3 is 0 Å². The highest BCUT2D eigenvalue weighted by Crippen LogP contribution is 2.28. The summed E-state index contributed by atoms with van der Waals surface area (Å²) in [6.07, 6.45) is 4.33. The van der Waals surface area contributed by atoms with Crippen LogP contribution in [-0.4, -0.2) is 17.3 Å². The molecule has 1 saturated carbocycles.